The summed E-state index contributed by atoms with van der Waals surface area (Å²) in [6.07, 6.45) is 2.46. The van der Waals surface area contributed by atoms with Crippen molar-refractivity contribution in [3.8, 4) is 0 Å². The van der Waals surface area contributed by atoms with Crippen molar-refractivity contribution >= 4 is 5.97 Å². The van der Waals surface area contributed by atoms with Crippen LogP contribution in [-0.2, 0) is 29.7 Å². The van der Waals surface area contributed by atoms with Gasteiger partial charge in [-0.15, -0.1) is 0 Å². The van der Waals surface area contributed by atoms with E-state index in [4.69, 9.17) is 4.74 Å². The quantitative estimate of drug-likeness (QED) is 0.703. The minimum Gasteiger partial charge on any atom is -0.466 e. The van der Waals surface area contributed by atoms with E-state index >= 15 is 0 Å². The molecule has 0 spiro atoms. The molecule has 0 saturated heterocycles. The first kappa shape index (κ1) is 16.3. The highest BCUT2D eigenvalue weighted by molar-refractivity contribution is 5.69. The molecule has 2 rings (SSSR count). The summed E-state index contributed by atoms with van der Waals surface area (Å²) in [5, 5.41) is 0. The van der Waals surface area contributed by atoms with Gasteiger partial charge in [-0.25, -0.2) is 0 Å². The lowest BCUT2D eigenvalue weighted by Gasteiger charge is -2.22. The second-order valence-corrected chi connectivity index (χ2v) is 5.36. The molecule has 22 heavy (non-hydrogen) atoms. The Balaban J connectivity index is 2.00. The molecule has 0 N–H and O–H groups in total. The van der Waals surface area contributed by atoms with Crippen molar-refractivity contribution in [3.05, 3.63) is 59.9 Å². The molecule has 4 heteroatoms. The van der Waals surface area contributed by atoms with Crippen molar-refractivity contribution in [3.63, 3.8) is 0 Å². The highest BCUT2D eigenvalue weighted by Crippen LogP contribution is 2.11. The van der Waals surface area contributed by atoms with E-state index in [0.29, 0.717) is 19.6 Å². The van der Waals surface area contributed by atoms with Crippen LogP contribution < -0.4 is 0 Å². The van der Waals surface area contributed by atoms with Crippen LogP contribution >= 0.6 is 0 Å². The van der Waals surface area contributed by atoms with E-state index in [-0.39, 0.29) is 5.97 Å². The number of carbonyl (C=O) groups is 1. The fourth-order valence-corrected chi connectivity index (χ4v) is 2.43. The Morgan fingerprint density at radius 3 is 2.55 bits per heavy atom. The number of hydrogen-bond donors (Lipinski definition) is 0. The van der Waals surface area contributed by atoms with Crippen LogP contribution in [-0.4, -0.2) is 28.6 Å². The summed E-state index contributed by atoms with van der Waals surface area (Å²) < 4.78 is 7.14. The fourth-order valence-electron chi connectivity index (χ4n) is 2.43. The fraction of sp³-hybridized carbons (Fsp3) is 0.389. The topological polar surface area (TPSA) is 34.5 Å². The van der Waals surface area contributed by atoms with Crippen LogP contribution in [0.25, 0.3) is 0 Å². The third-order valence-corrected chi connectivity index (χ3v) is 3.62. The van der Waals surface area contributed by atoms with Gasteiger partial charge in [0.05, 0.1) is 13.0 Å². The Morgan fingerprint density at radius 2 is 1.91 bits per heavy atom. The average Bonchev–Trinajstić information content (AvgIpc) is 2.91. The maximum atomic E-state index is 11.6. The van der Waals surface area contributed by atoms with Crippen LogP contribution in [0.3, 0.4) is 0 Å². The maximum Gasteiger partial charge on any atom is 0.307 e. The van der Waals surface area contributed by atoms with Crippen molar-refractivity contribution in [2.24, 2.45) is 7.05 Å². The minimum atomic E-state index is -0.132. The van der Waals surface area contributed by atoms with E-state index in [2.05, 4.69) is 27.7 Å². The minimum absolute atomic E-state index is 0.132. The highest BCUT2D eigenvalue weighted by atomic mass is 16.5. The van der Waals surface area contributed by atoms with Crippen LogP contribution in [0.4, 0.5) is 0 Å². The Labute approximate surface area is 132 Å². The zero-order valence-corrected chi connectivity index (χ0v) is 13.4. The number of ether oxygens (including phenoxy) is 1. The highest BCUT2D eigenvalue weighted by Gasteiger charge is 2.11. The largest absolute Gasteiger partial charge is 0.466 e. The number of nitrogens with zero attached hydrogens (tertiary/aromatic N) is 2. The van der Waals surface area contributed by atoms with Crippen LogP contribution in [0.2, 0.25) is 0 Å². The molecule has 1 aromatic heterocycles. The average molecular weight is 300 g/mol. The monoisotopic (exact) mass is 300 g/mol. The number of benzene rings is 1. The van der Waals surface area contributed by atoms with Gasteiger partial charge in [-0.2, -0.15) is 0 Å². The second-order valence-electron chi connectivity index (χ2n) is 5.36. The number of esters is 1. The Kier molecular flexibility index (Phi) is 6.22. The van der Waals surface area contributed by atoms with Crippen LogP contribution in [0, 0.1) is 0 Å². The Hall–Kier alpha value is -2.07. The molecule has 0 aliphatic carbocycles. The van der Waals surface area contributed by atoms with Crippen molar-refractivity contribution in [1.82, 2.24) is 9.47 Å². The van der Waals surface area contributed by atoms with Crippen LogP contribution in [0.1, 0.15) is 24.6 Å². The van der Waals surface area contributed by atoms with Gasteiger partial charge in [0.25, 0.3) is 0 Å². The van der Waals surface area contributed by atoms with E-state index in [0.717, 1.165) is 13.1 Å². The molecule has 4 nitrogen and oxygen atoms in total. The van der Waals surface area contributed by atoms with Gasteiger partial charge in [0.1, 0.15) is 0 Å². The van der Waals surface area contributed by atoms with E-state index < -0.39 is 0 Å². The SMILES string of the molecule is CCOC(=O)CCN(Cc1ccccc1)Cc1cccn1C. The van der Waals surface area contributed by atoms with Gasteiger partial charge in [0.15, 0.2) is 0 Å². The molecule has 1 aromatic carbocycles. The number of aromatic nitrogens is 1. The van der Waals surface area contributed by atoms with Gasteiger partial charge in [0, 0.05) is 38.6 Å². The molecule has 0 aliphatic heterocycles. The van der Waals surface area contributed by atoms with E-state index in [1.807, 2.05) is 44.4 Å². The first-order valence-corrected chi connectivity index (χ1v) is 7.71. The molecule has 0 atom stereocenters. The molecule has 0 amide bonds. The van der Waals surface area contributed by atoms with E-state index in [1.165, 1.54) is 11.3 Å². The smallest absolute Gasteiger partial charge is 0.307 e. The number of hydrogen-bond acceptors (Lipinski definition) is 3. The third-order valence-electron chi connectivity index (χ3n) is 3.62. The molecule has 0 saturated carbocycles. The third kappa shape index (κ3) is 5.04. The van der Waals surface area contributed by atoms with Gasteiger partial charge < -0.3 is 9.30 Å². The van der Waals surface area contributed by atoms with Gasteiger partial charge in [-0.05, 0) is 24.6 Å². The Bertz CT molecular complexity index is 578. The molecule has 0 radical (unpaired) electrons. The predicted molar refractivity (Wildman–Crippen MR) is 87.2 cm³/mol. The number of carbonyl (C=O) groups excluding carboxylic acids is 1. The second kappa shape index (κ2) is 8.39. The molecule has 1 heterocycles. The van der Waals surface area contributed by atoms with Crippen molar-refractivity contribution in [2.45, 2.75) is 26.4 Å². The van der Waals surface area contributed by atoms with Crippen LogP contribution in [0.15, 0.2) is 48.7 Å². The number of aryl methyl sites for hydroxylation is 1. The zero-order chi connectivity index (χ0) is 15.8. The summed E-state index contributed by atoms with van der Waals surface area (Å²) >= 11 is 0. The lowest BCUT2D eigenvalue weighted by molar-refractivity contribution is -0.143. The summed E-state index contributed by atoms with van der Waals surface area (Å²) in [5.74, 6) is -0.132. The van der Waals surface area contributed by atoms with Gasteiger partial charge >= 0.3 is 5.97 Å². The van der Waals surface area contributed by atoms with Crippen molar-refractivity contribution in [2.75, 3.05) is 13.2 Å². The van der Waals surface area contributed by atoms with Gasteiger partial charge in [-0.3, -0.25) is 9.69 Å². The first-order valence-electron chi connectivity index (χ1n) is 7.71. The van der Waals surface area contributed by atoms with Crippen molar-refractivity contribution in [1.29, 1.82) is 0 Å². The standard InChI is InChI=1S/C18H24N2O2/c1-3-22-18(21)11-13-20(14-16-8-5-4-6-9-16)15-17-10-7-12-19(17)2/h4-10,12H,3,11,13-15H2,1-2H3. The Morgan fingerprint density at radius 1 is 1.14 bits per heavy atom. The molecule has 0 unspecified atom stereocenters. The normalized spacial score (nSPS) is 10.9. The molecule has 0 fully saturated rings. The van der Waals surface area contributed by atoms with E-state index in [1.54, 1.807) is 0 Å². The molecule has 118 valence electrons. The molecule has 0 bridgehead atoms. The molecular formula is C18H24N2O2. The summed E-state index contributed by atoms with van der Waals surface area (Å²) in [6.45, 7) is 4.61. The zero-order valence-electron chi connectivity index (χ0n) is 13.4. The van der Waals surface area contributed by atoms with Crippen molar-refractivity contribution < 1.29 is 9.53 Å². The lowest BCUT2D eigenvalue weighted by Crippen LogP contribution is -2.27. The van der Waals surface area contributed by atoms with E-state index in [9.17, 15) is 4.79 Å². The number of rotatable bonds is 8. The first-order chi connectivity index (χ1) is 10.7. The maximum absolute atomic E-state index is 11.6. The predicted octanol–water partition coefficient (Wildman–Crippen LogP) is 2.98. The molecule has 0 aliphatic rings. The molecule has 2 aromatic rings. The molecular weight excluding hydrogens is 276 g/mol. The van der Waals surface area contributed by atoms with Gasteiger partial charge in [0.2, 0.25) is 0 Å². The summed E-state index contributed by atoms with van der Waals surface area (Å²) in [7, 11) is 2.04. The summed E-state index contributed by atoms with van der Waals surface area (Å²) in [5.41, 5.74) is 2.49. The summed E-state index contributed by atoms with van der Waals surface area (Å²) in [4.78, 5) is 13.9. The van der Waals surface area contributed by atoms with Gasteiger partial charge in [-0.1, -0.05) is 30.3 Å². The van der Waals surface area contributed by atoms with Crippen LogP contribution in [0.5, 0.6) is 0 Å². The lowest BCUT2D eigenvalue weighted by atomic mass is 10.2. The summed E-state index contributed by atoms with van der Waals surface area (Å²) in [6, 6.07) is 14.5.